The van der Waals surface area contributed by atoms with Gasteiger partial charge < -0.3 is 5.32 Å². The molecule has 0 aromatic heterocycles. The standard InChI is InChI=1S/C15H15BrClNO/c16-11-6-12-7(5-13(19)18-12)4-10(11)15(17)14-8-2-1-3-9(8)14/h4,6,8-9,14-15H,1-3,5H2,(H,18,19). The Morgan fingerprint density at radius 3 is 2.79 bits per heavy atom. The Kier molecular flexibility index (Phi) is 2.72. The van der Waals surface area contributed by atoms with Crippen molar-refractivity contribution < 1.29 is 4.79 Å². The Morgan fingerprint density at radius 2 is 2.05 bits per heavy atom. The first kappa shape index (κ1) is 12.2. The van der Waals surface area contributed by atoms with E-state index in [1.807, 2.05) is 6.07 Å². The van der Waals surface area contributed by atoms with Crippen LogP contribution in [0.3, 0.4) is 0 Å². The average Bonchev–Trinajstić information content (AvgIpc) is 2.72. The molecule has 1 N–H and O–H groups in total. The molecule has 2 fully saturated rings. The Hall–Kier alpha value is -0.540. The van der Waals surface area contributed by atoms with Crippen molar-refractivity contribution in [2.24, 2.45) is 17.8 Å². The van der Waals surface area contributed by atoms with Crippen LogP contribution in [0.2, 0.25) is 0 Å². The summed E-state index contributed by atoms with van der Waals surface area (Å²) < 4.78 is 1.03. The molecule has 1 heterocycles. The highest BCUT2D eigenvalue weighted by molar-refractivity contribution is 9.10. The number of alkyl halides is 1. The van der Waals surface area contributed by atoms with Crippen LogP contribution in [0, 0.1) is 17.8 Å². The SMILES string of the molecule is O=C1Cc2cc(C(Cl)C3C4CCCC43)c(Br)cc2N1. The fourth-order valence-corrected chi connectivity index (χ4v) is 5.27. The van der Waals surface area contributed by atoms with Gasteiger partial charge in [0.2, 0.25) is 5.91 Å². The van der Waals surface area contributed by atoms with Gasteiger partial charge in [0.05, 0.1) is 11.8 Å². The number of hydrogen-bond acceptors (Lipinski definition) is 1. The molecule has 0 radical (unpaired) electrons. The Morgan fingerprint density at radius 1 is 1.32 bits per heavy atom. The minimum atomic E-state index is 0.0773. The maximum absolute atomic E-state index is 11.4. The Labute approximate surface area is 126 Å². The third-order valence-electron chi connectivity index (χ3n) is 4.96. The lowest BCUT2D eigenvalue weighted by molar-refractivity contribution is -0.115. The predicted octanol–water partition coefficient (Wildman–Crippen LogP) is 4.27. The number of nitrogens with one attached hydrogen (secondary N) is 1. The van der Waals surface area contributed by atoms with E-state index in [1.165, 1.54) is 19.3 Å². The lowest BCUT2D eigenvalue weighted by atomic mass is 9.99. The average molecular weight is 341 g/mol. The van der Waals surface area contributed by atoms with Gasteiger partial charge in [0, 0.05) is 10.2 Å². The van der Waals surface area contributed by atoms with Crippen molar-refractivity contribution in [2.75, 3.05) is 5.32 Å². The summed E-state index contributed by atoms with van der Waals surface area (Å²) in [6, 6.07) is 4.12. The summed E-state index contributed by atoms with van der Waals surface area (Å²) >= 11 is 10.3. The van der Waals surface area contributed by atoms with Crippen molar-refractivity contribution in [1.82, 2.24) is 0 Å². The van der Waals surface area contributed by atoms with Gasteiger partial charge >= 0.3 is 0 Å². The molecule has 3 atom stereocenters. The molecule has 1 aliphatic heterocycles. The van der Waals surface area contributed by atoms with E-state index in [4.69, 9.17) is 11.6 Å². The summed E-state index contributed by atoms with van der Waals surface area (Å²) in [5, 5.41) is 2.97. The number of rotatable bonds is 2. The van der Waals surface area contributed by atoms with Gasteiger partial charge in [-0.05, 0) is 47.8 Å². The van der Waals surface area contributed by atoms with Gasteiger partial charge in [-0.3, -0.25) is 4.79 Å². The van der Waals surface area contributed by atoms with E-state index in [2.05, 4.69) is 27.3 Å². The topological polar surface area (TPSA) is 29.1 Å². The molecule has 1 amide bonds. The summed E-state index contributed by atoms with van der Waals surface area (Å²) in [7, 11) is 0. The van der Waals surface area contributed by atoms with Crippen LogP contribution in [0.1, 0.15) is 35.8 Å². The van der Waals surface area contributed by atoms with Crippen LogP contribution in [-0.4, -0.2) is 5.91 Å². The van der Waals surface area contributed by atoms with Crippen molar-refractivity contribution in [2.45, 2.75) is 31.1 Å². The lowest BCUT2D eigenvalue weighted by Crippen LogP contribution is -2.03. The van der Waals surface area contributed by atoms with Crippen molar-refractivity contribution in [1.29, 1.82) is 0 Å². The van der Waals surface area contributed by atoms with Crippen LogP contribution in [-0.2, 0) is 11.2 Å². The molecule has 0 bridgehead atoms. The Balaban J connectivity index is 1.65. The van der Waals surface area contributed by atoms with E-state index in [0.717, 1.165) is 33.1 Å². The van der Waals surface area contributed by atoms with Crippen molar-refractivity contribution in [3.63, 3.8) is 0 Å². The van der Waals surface area contributed by atoms with Crippen LogP contribution < -0.4 is 5.32 Å². The molecular weight excluding hydrogens is 326 g/mol. The molecule has 1 aromatic rings. The van der Waals surface area contributed by atoms with Crippen LogP contribution >= 0.6 is 27.5 Å². The summed E-state index contributed by atoms with van der Waals surface area (Å²) in [6.07, 6.45) is 4.55. The first-order valence-electron chi connectivity index (χ1n) is 6.91. The molecule has 3 unspecified atom stereocenters. The van der Waals surface area contributed by atoms with Crippen molar-refractivity contribution >= 4 is 39.1 Å². The second kappa shape index (κ2) is 4.23. The van der Waals surface area contributed by atoms with Crippen molar-refractivity contribution in [3.8, 4) is 0 Å². The van der Waals surface area contributed by atoms with E-state index in [-0.39, 0.29) is 11.3 Å². The largest absolute Gasteiger partial charge is 0.325 e. The maximum Gasteiger partial charge on any atom is 0.228 e. The normalized spacial score (nSPS) is 32.7. The number of carbonyl (C=O) groups is 1. The first-order chi connectivity index (χ1) is 9.15. The molecule has 2 nitrogen and oxygen atoms in total. The number of halogens is 2. The first-order valence-corrected chi connectivity index (χ1v) is 8.14. The molecule has 2 aliphatic carbocycles. The molecule has 0 saturated heterocycles. The van der Waals surface area contributed by atoms with Gasteiger partial charge in [-0.15, -0.1) is 11.6 Å². The van der Waals surface area contributed by atoms with Gasteiger partial charge in [-0.1, -0.05) is 28.4 Å². The minimum absolute atomic E-state index is 0.0773. The van der Waals surface area contributed by atoms with E-state index in [1.54, 1.807) is 0 Å². The van der Waals surface area contributed by atoms with E-state index in [9.17, 15) is 4.79 Å². The van der Waals surface area contributed by atoms with E-state index < -0.39 is 0 Å². The summed E-state index contributed by atoms with van der Waals surface area (Å²) in [5.74, 6) is 2.42. The zero-order valence-corrected chi connectivity index (χ0v) is 12.8. The fourth-order valence-electron chi connectivity index (χ4n) is 4.00. The van der Waals surface area contributed by atoms with Gasteiger partial charge in [0.25, 0.3) is 0 Å². The summed E-state index contributed by atoms with van der Waals surface area (Å²) in [5.41, 5.74) is 3.18. The zero-order chi connectivity index (χ0) is 13.1. The van der Waals surface area contributed by atoms with Crippen molar-refractivity contribution in [3.05, 3.63) is 27.7 Å². The molecular formula is C15H15BrClNO. The highest BCUT2D eigenvalue weighted by Crippen LogP contribution is 2.64. The smallest absolute Gasteiger partial charge is 0.228 e. The maximum atomic E-state index is 11.4. The van der Waals surface area contributed by atoms with Crippen LogP contribution in [0.15, 0.2) is 16.6 Å². The third-order valence-corrected chi connectivity index (χ3v) is 6.17. The van der Waals surface area contributed by atoms with E-state index >= 15 is 0 Å². The third kappa shape index (κ3) is 1.85. The molecule has 100 valence electrons. The van der Waals surface area contributed by atoms with Gasteiger partial charge in [-0.2, -0.15) is 0 Å². The molecule has 1 aromatic carbocycles. The molecule has 3 aliphatic rings. The zero-order valence-electron chi connectivity index (χ0n) is 10.5. The fraction of sp³-hybridized carbons (Fsp3) is 0.533. The lowest BCUT2D eigenvalue weighted by Gasteiger charge is -2.15. The molecule has 4 rings (SSSR count). The molecule has 2 saturated carbocycles. The second-order valence-corrected chi connectivity index (χ2v) is 7.32. The van der Waals surface area contributed by atoms with E-state index in [0.29, 0.717) is 12.3 Å². The molecule has 19 heavy (non-hydrogen) atoms. The summed E-state index contributed by atoms with van der Waals surface area (Å²) in [4.78, 5) is 11.4. The van der Waals surface area contributed by atoms with Crippen LogP contribution in [0.25, 0.3) is 0 Å². The number of amides is 1. The minimum Gasteiger partial charge on any atom is -0.325 e. The predicted molar refractivity (Wildman–Crippen MR) is 79.4 cm³/mol. The van der Waals surface area contributed by atoms with Crippen LogP contribution in [0.4, 0.5) is 5.69 Å². The molecule has 0 spiro atoms. The summed E-state index contributed by atoms with van der Waals surface area (Å²) in [6.45, 7) is 0. The number of benzene rings is 1. The number of hydrogen-bond donors (Lipinski definition) is 1. The van der Waals surface area contributed by atoms with Gasteiger partial charge in [-0.25, -0.2) is 0 Å². The Bertz CT molecular complexity index is 564. The number of fused-ring (bicyclic) bond motifs is 2. The molecule has 4 heteroatoms. The van der Waals surface area contributed by atoms with Gasteiger partial charge in [0.15, 0.2) is 0 Å². The number of carbonyl (C=O) groups excluding carboxylic acids is 1. The van der Waals surface area contributed by atoms with Gasteiger partial charge in [0.1, 0.15) is 0 Å². The number of anilines is 1. The van der Waals surface area contributed by atoms with Crippen LogP contribution in [0.5, 0.6) is 0 Å². The monoisotopic (exact) mass is 339 g/mol. The highest BCUT2D eigenvalue weighted by Gasteiger charge is 2.56. The quantitative estimate of drug-likeness (QED) is 0.800. The second-order valence-electron chi connectivity index (χ2n) is 5.99. The highest BCUT2D eigenvalue weighted by atomic mass is 79.9.